The zero-order valence-electron chi connectivity index (χ0n) is 17.4. The third-order valence-corrected chi connectivity index (χ3v) is 6.54. The summed E-state index contributed by atoms with van der Waals surface area (Å²) in [5.74, 6) is -0.000668. The summed E-state index contributed by atoms with van der Waals surface area (Å²) >= 11 is 7.33. The number of benzene rings is 2. The molecule has 33 heavy (non-hydrogen) atoms. The fourth-order valence-corrected chi connectivity index (χ4v) is 4.91. The van der Waals surface area contributed by atoms with Crippen molar-refractivity contribution >= 4 is 63.1 Å². The Morgan fingerprint density at radius 3 is 2.91 bits per heavy atom. The van der Waals surface area contributed by atoms with E-state index in [4.69, 9.17) is 16.0 Å². The first-order chi connectivity index (χ1) is 15.9. The van der Waals surface area contributed by atoms with Gasteiger partial charge < -0.3 is 14.6 Å². The lowest BCUT2D eigenvalue weighted by molar-refractivity contribution is 0.265. The van der Waals surface area contributed by atoms with E-state index in [-0.39, 0.29) is 19.0 Å². The maximum atomic E-state index is 11.7. The molecule has 166 valence electrons. The molecule has 3 heterocycles. The summed E-state index contributed by atoms with van der Waals surface area (Å²) in [6.45, 7) is 1.86. The largest absolute Gasteiger partial charge is 0.493 e. The molecule has 4 aromatic rings. The molecular formula is C24H18ClN3O4S. The lowest BCUT2D eigenvalue weighted by Gasteiger charge is -2.03. The van der Waals surface area contributed by atoms with E-state index in [1.165, 1.54) is 17.4 Å². The Morgan fingerprint density at radius 1 is 1.24 bits per heavy atom. The van der Waals surface area contributed by atoms with Crippen LogP contribution in [0.5, 0.6) is 5.88 Å². The highest BCUT2D eigenvalue weighted by Crippen LogP contribution is 2.36. The number of aromatic nitrogens is 1. The van der Waals surface area contributed by atoms with Crippen LogP contribution in [0.4, 0.5) is 11.4 Å². The number of hydrogen-bond donors (Lipinski definition) is 2. The average molecular weight is 480 g/mol. The number of allylic oxidation sites excluding steroid dienone is 1. The second-order valence-corrected chi connectivity index (χ2v) is 8.95. The molecule has 0 unspecified atom stereocenters. The summed E-state index contributed by atoms with van der Waals surface area (Å²) in [6, 6.07) is 12.3. The number of fused-ring (bicyclic) bond motifs is 2. The molecule has 5 rings (SSSR count). The van der Waals surface area contributed by atoms with Crippen LogP contribution in [0, 0.1) is 6.92 Å². The van der Waals surface area contributed by atoms with Gasteiger partial charge >= 0.3 is 5.63 Å². The Morgan fingerprint density at radius 2 is 2.09 bits per heavy atom. The minimum atomic E-state index is -0.421. The highest BCUT2D eigenvalue weighted by atomic mass is 35.5. The Kier molecular flexibility index (Phi) is 5.49. The quantitative estimate of drug-likeness (QED) is 0.410. The summed E-state index contributed by atoms with van der Waals surface area (Å²) < 4.78 is 6.86. The standard InChI is InChI=1S/C24H18ClN3O4S/c1-13-8-22(30)32-20-11-16(3-5-17(13)20)27-24-28(6-7-29)23(31)21(33-24)9-14-12-26-19-10-15(25)2-4-18(14)19/h2-5,8-12,29,31H,6-7H2,1H3/b14-9+,27-24?. The predicted octanol–water partition coefficient (Wildman–Crippen LogP) is 4.80. The summed E-state index contributed by atoms with van der Waals surface area (Å²) in [6.07, 6.45) is 3.56. The zero-order valence-corrected chi connectivity index (χ0v) is 19.0. The van der Waals surface area contributed by atoms with Crippen LogP contribution >= 0.6 is 22.9 Å². The summed E-state index contributed by atoms with van der Waals surface area (Å²) in [7, 11) is 0. The van der Waals surface area contributed by atoms with E-state index in [2.05, 4.69) is 9.98 Å². The van der Waals surface area contributed by atoms with Gasteiger partial charge in [0, 0.05) is 39.9 Å². The van der Waals surface area contributed by atoms with E-state index in [0.717, 1.165) is 27.8 Å². The zero-order chi connectivity index (χ0) is 23.1. The maximum absolute atomic E-state index is 11.7. The van der Waals surface area contributed by atoms with Crippen LogP contribution in [0.1, 0.15) is 16.0 Å². The lowest BCUT2D eigenvalue weighted by Crippen LogP contribution is -2.16. The second kappa shape index (κ2) is 8.47. The Hall–Kier alpha value is -3.46. The van der Waals surface area contributed by atoms with Crippen LogP contribution in [0.25, 0.3) is 22.6 Å². The smallest absolute Gasteiger partial charge is 0.336 e. The molecule has 0 amide bonds. The molecule has 9 heteroatoms. The molecule has 0 radical (unpaired) electrons. The van der Waals surface area contributed by atoms with Crippen molar-refractivity contribution in [3.63, 3.8) is 0 Å². The van der Waals surface area contributed by atoms with Crippen LogP contribution < -0.4 is 10.4 Å². The van der Waals surface area contributed by atoms with Crippen molar-refractivity contribution in [2.75, 3.05) is 6.61 Å². The molecule has 0 bridgehead atoms. The topological polar surface area (TPSA) is 100 Å². The van der Waals surface area contributed by atoms with Crippen molar-refractivity contribution in [2.24, 2.45) is 9.98 Å². The van der Waals surface area contributed by atoms with Gasteiger partial charge in [-0.25, -0.2) is 9.79 Å². The van der Waals surface area contributed by atoms with Gasteiger partial charge in [-0.05, 0) is 42.8 Å². The van der Waals surface area contributed by atoms with Crippen molar-refractivity contribution in [3.05, 3.63) is 78.7 Å². The molecule has 0 saturated heterocycles. The van der Waals surface area contributed by atoms with Crippen LogP contribution in [0.15, 0.2) is 61.7 Å². The van der Waals surface area contributed by atoms with Crippen LogP contribution in [-0.2, 0) is 6.54 Å². The molecule has 2 N–H and O–H groups in total. The highest BCUT2D eigenvalue weighted by Gasteiger charge is 2.16. The molecule has 2 aromatic heterocycles. The van der Waals surface area contributed by atoms with Crippen LogP contribution in [0.2, 0.25) is 5.02 Å². The van der Waals surface area contributed by atoms with E-state index >= 15 is 0 Å². The third kappa shape index (κ3) is 4.04. The van der Waals surface area contributed by atoms with Crippen molar-refractivity contribution < 1.29 is 14.6 Å². The van der Waals surface area contributed by atoms with Crippen molar-refractivity contribution in [1.29, 1.82) is 0 Å². The first-order valence-electron chi connectivity index (χ1n) is 10.1. The minimum absolute atomic E-state index is 0.000668. The second-order valence-electron chi connectivity index (χ2n) is 7.51. The molecule has 0 aliphatic carbocycles. The molecular weight excluding hydrogens is 462 g/mol. The van der Waals surface area contributed by atoms with Gasteiger partial charge in [0.05, 0.1) is 29.4 Å². The van der Waals surface area contributed by atoms with E-state index in [1.807, 2.05) is 31.2 Å². The number of aliphatic hydroxyl groups is 1. The van der Waals surface area contributed by atoms with Crippen molar-refractivity contribution in [3.8, 4) is 5.88 Å². The van der Waals surface area contributed by atoms with Crippen LogP contribution in [-0.4, -0.2) is 27.6 Å². The van der Waals surface area contributed by atoms with Gasteiger partial charge in [-0.2, -0.15) is 0 Å². The monoisotopic (exact) mass is 479 g/mol. The number of thiazole rings is 1. The van der Waals surface area contributed by atoms with E-state index < -0.39 is 5.63 Å². The van der Waals surface area contributed by atoms with Crippen molar-refractivity contribution in [2.45, 2.75) is 13.5 Å². The number of aliphatic imine (C=N–C) groups is 1. The van der Waals surface area contributed by atoms with Gasteiger partial charge in [0.2, 0.25) is 5.88 Å². The predicted molar refractivity (Wildman–Crippen MR) is 131 cm³/mol. The Balaban J connectivity index is 1.62. The SMILES string of the molecule is Cc1cc(=O)oc2cc(N=c3sc(/C=C4\C=Nc5cc(Cl)ccc54)c(O)n3CCO)ccc12. The molecule has 0 atom stereocenters. The first-order valence-corrected chi connectivity index (χ1v) is 11.3. The normalized spacial score (nSPS) is 14.5. The molecule has 7 nitrogen and oxygen atoms in total. The fourth-order valence-electron chi connectivity index (χ4n) is 3.72. The van der Waals surface area contributed by atoms with E-state index in [9.17, 15) is 15.0 Å². The van der Waals surface area contributed by atoms with Gasteiger partial charge in [-0.3, -0.25) is 9.56 Å². The van der Waals surface area contributed by atoms with Gasteiger partial charge in [-0.1, -0.05) is 29.0 Å². The van der Waals surface area contributed by atoms with Gasteiger partial charge in [-0.15, -0.1) is 0 Å². The molecule has 1 aliphatic rings. The number of nitrogens with zero attached hydrogens (tertiary/aromatic N) is 3. The number of rotatable bonds is 4. The summed E-state index contributed by atoms with van der Waals surface area (Å²) in [5, 5.41) is 21.8. The summed E-state index contributed by atoms with van der Waals surface area (Å²) in [5.41, 5.74) is 3.93. The van der Waals surface area contributed by atoms with Crippen LogP contribution in [0.3, 0.4) is 0 Å². The summed E-state index contributed by atoms with van der Waals surface area (Å²) in [4.78, 5) is 21.9. The minimum Gasteiger partial charge on any atom is -0.493 e. The number of aryl methyl sites for hydroxylation is 1. The number of aliphatic hydroxyl groups excluding tert-OH is 1. The molecule has 0 fully saturated rings. The number of halogens is 1. The Labute approximate surface area is 196 Å². The highest BCUT2D eigenvalue weighted by molar-refractivity contribution is 7.10. The van der Waals surface area contributed by atoms with Gasteiger partial charge in [0.15, 0.2) is 4.80 Å². The molecule has 1 aliphatic heterocycles. The number of aromatic hydroxyl groups is 1. The lowest BCUT2D eigenvalue weighted by atomic mass is 10.1. The van der Waals surface area contributed by atoms with Gasteiger partial charge in [0.25, 0.3) is 0 Å². The maximum Gasteiger partial charge on any atom is 0.336 e. The molecule has 0 spiro atoms. The number of hydrogen-bond acceptors (Lipinski definition) is 7. The molecule has 0 saturated carbocycles. The third-order valence-electron chi connectivity index (χ3n) is 5.29. The average Bonchev–Trinajstić information content (AvgIpc) is 3.29. The molecule has 2 aromatic carbocycles. The van der Waals surface area contributed by atoms with Crippen molar-refractivity contribution in [1.82, 2.24) is 4.57 Å². The first kappa shape index (κ1) is 21.4. The van der Waals surface area contributed by atoms with E-state index in [0.29, 0.717) is 26.0 Å². The fraction of sp³-hybridized carbons (Fsp3) is 0.125. The van der Waals surface area contributed by atoms with E-state index in [1.54, 1.807) is 29.0 Å². The van der Waals surface area contributed by atoms with Gasteiger partial charge in [0.1, 0.15) is 5.58 Å². The Bertz CT molecular complexity index is 1590.